The molecule has 9 nitrogen and oxygen atoms in total. The second-order valence-electron chi connectivity index (χ2n) is 7.41. The molecule has 0 aliphatic carbocycles. The Morgan fingerprint density at radius 2 is 2.07 bits per heavy atom. The molecule has 1 spiro atoms. The minimum atomic E-state index is -0.710. The smallest absolute Gasteiger partial charge is 0.276 e. The van der Waals surface area contributed by atoms with Gasteiger partial charge in [0.25, 0.3) is 11.5 Å². The van der Waals surface area contributed by atoms with Gasteiger partial charge in [-0.2, -0.15) is 0 Å². The summed E-state index contributed by atoms with van der Waals surface area (Å²) >= 11 is 0. The average molecular weight is 369 g/mol. The number of nitrogens with zero attached hydrogens (tertiary/aromatic N) is 4. The van der Waals surface area contributed by atoms with Crippen molar-refractivity contribution < 1.29 is 4.79 Å². The summed E-state index contributed by atoms with van der Waals surface area (Å²) in [6.07, 6.45) is 2.98. The summed E-state index contributed by atoms with van der Waals surface area (Å²) in [4.78, 5) is 36.3. The zero-order valence-corrected chi connectivity index (χ0v) is 15.7. The first-order chi connectivity index (χ1) is 12.8. The van der Waals surface area contributed by atoms with Gasteiger partial charge in [0.2, 0.25) is 0 Å². The van der Waals surface area contributed by atoms with E-state index in [0.717, 1.165) is 24.9 Å². The molecule has 9 heteroatoms. The monoisotopic (exact) mass is 369 g/mol. The van der Waals surface area contributed by atoms with E-state index >= 15 is 0 Å². The van der Waals surface area contributed by atoms with Gasteiger partial charge >= 0.3 is 0 Å². The first-order valence-corrected chi connectivity index (χ1v) is 8.95. The van der Waals surface area contributed by atoms with Gasteiger partial charge in [0.05, 0.1) is 0 Å². The summed E-state index contributed by atoms with van der Waals surface area (Å²) in [5.41, 5.74) is 7.08. The van der Waals surface area contributed by atoms with Gasteiger partial charge in [0.1, 0.15) is 35.0 Å². The fourth-order valence-corrected chi connectivity index (χ4v) is 4.10. The number of nitrogens with two attached hydrogens (primary N) is 1. The van der Waals surface area contributed by atoms with Gasteiger partial charge in [0.15, 0.2) is 0 Å². The number of likely N-dealkylation sites (N-methyl/N-ethyl adjacent to an activating group) is 1. The van der Waals surface area contributed by atoms with Crippen molar-refractivity contribution in [1.82, 2.24) is 24.8 Å². The van der Waals surface area contributed by atoms with Crippen LogP contribution in [0.2, 0.25) is 0 Å². The number of nitrogen functional groups attached to an aromatic ring is 1. The second-order valence-corrected chi connectivity index (χ2v) is 7.41. The third-order valence-corrected chi connectivity index (χ3v) is 5.42. The molecule has 1 fully saturated rings. The van der Waals surface area contributed by atoms with E-state index in [4.69, 9.17) is 5.73 Å². The van der Waals surface area contributed by atoms with Crippen LogP contribution in [0.3, 0.4) is 0 Å². The number of pyridine rings is 1. The van der Waals surface area contributed by atoms with E-state index in [2.05, 4.69) is 25.5 Å². The molecule has 1 amide bonds. The number of fused-ring (bicyclic) bond motifs is 2. The second kappa shape index (κ2) is 6.05. The number of amides is 1. The van der Waals surface area contributed by atoms with Gasteiger partial charge in [-0.15, -0.1) is 0 Å². The van der Waals surface area contributed by atoms with Crippen molar-refractivity contribution in [3.8, 4) is 0 Å². The van der Waals surface area contributed by atoms with Crippen LogP contribution in [-0.4, -0.2) is 45.5 Å². The normalized spacial score (nSPS) is 22.0. The number of rotatable bonds is 2. The van der Waals surface area contributed by atoms with Crippen LogP contribution in [-0.2, 0) is 5.66 Å². The molecule has 0 radical (unpaired) electrons. The number of nitrogens with one attached hydrogen (secondary N) is 2. The molecule has 1 unspecified atom stereocenters. The highest BCUT2D eigenvalue weighted by Crippen LogP contribution is 2.33. The topological polar surface area (TPSA) is 118 Å². The highest BCUT2D eigenvalue weighted by Gasteiger charge is 2.46. The van der Waals surface area contributed by atoms with Gasteiger partial charge in [-0.25, -0.2) is 9.97 Å². The number of hydrogen-bond acceptors (Lipinski definition) is 7. The summed E-state index contributed by atoms with van der Waals surface area (Å²) < 4.78 is 1.63. The Morgan fingerprint density at radius 3 is 2.81 bits per heavy atom. The Balaban J connectivity index is 1.86. The summed E-state index contributed by atoms with van der Waals surface area (Å²) in [6.45, 7) is 5.16. The largest absolute Gasteiger partial charge is 0.383 e. The number of carbonyl (C=O) groups is 1. The molecular weight excluding hydrogens is 346 g/mol. The van der Waals surface area contributed by atoms with Gasteiger partial charge in [-0.3, -0.25) is 14.2 Å². The molecule has 27 heavy (non-hydrogen) atoms. The Hall–Kier alpha value is -2.94. The minimum Gasteiger partial charge on any atom is -0.383 e. The fourth-order valence-electron chi connectivity index (χ4n) is 4.10. The fraction of sp³-hybridized carbons (Fsp3) is 0.444. The van der Waals surface area contributed by atoms with Crippen LogP contribution < -0.4 is 21.9 Å². The van der Waals surface area contributed by atoms with E-state index in [1.807, 2.05) is 14.0 Å². The van der Waals surface area contributed by atoms with Crippen LogP contribution in [0.25, 0.3) is 0 Å². The van der Waals surface area contributed by atoms with E-state index in [1.54, 1.807) is 17.6 Å². The maximum Gasteiger partial charge on any atom is 0.276 e. The summed E-state index contributed by atoms with van der Waals surface area (Å²) in [6, 6.07) is 1.69. The molecule has 4 heterocycles. The molecule has 0 bridgehead atoms. The number of carbonyl (C=O) groups excluding carboxylic acids is 1. The molecule has 1 saturated heterocycles. The van der Waals surface area contributed by atoms with Gasteiger partial charge in [0, 0.05) is 12.1 Å². The average Bonchev–Trinajstić information content (AvgIpc) is 2.88. The van der Waals surface area contributed by atoms with E-state index in [9.17, 15) is 9.59 Å². The minimum absolute atomic E-state index is 0.200. The molecule has 2 aromatic heterocycles. The number of aryl methyl sites for hydroxylation is 1. The van der Waals surface area contributed by atoms with E-state index < -0.39 is 5.66 Å². The van der Waals surface area contributed by atoms with Crippen molar-refractivity contribution in [1.29, 1.82) is 0 Å². The Kier molecular flexibility index (Phi) is 3.92. The third-order valence-electron chi connectivity index (χ3n) is 5.42. The van der Waals surface area contributed by atoms with Crippen LogP contribution >= 0.6 is 0 Å². The Labute approximate surface area is 156 Å². The number of hydrogen-bond donors (Lipinski definition) is 3. The molecule has 4 N–H and O–H groups in total. The summed E-state index contributed by atoms with van der Waals surface area (Å²) in [5, 5.41) is 6.15. The molecular formula is C18H23N7O2. The maximum atomic E-state index is 13.4. The van der Waals surface area contributed by atoms with Crippen LogP contribution in [0.5, 0.6) is 0 Å². The zero-order valence-electron chi connectivity index (χ0n) is 15.7. The standard InChI is InChI=1S/C18H23N7O2/c1-10-7-12(22-15-11(2)14(19)20-9-21-15)17(27)25-13(10)16(26)23-18(25)5-4-6-24(3)8-18/h7,9H,4-6,8H2,1-3H3,(H,23,26)(H3,19,20,21,22). The molecule has 4 rings (SSSR count). The molecule has 142 valence electrons. The van der Waals surface area contributed by atoms with E-state index in [0.29, 0.717) is 35.1 Å². The predicted octanol–water partition coefficient (Wildman–Crippen LogP) is 0.703. The molecule has 2 aliphatic heterocycles. The van der Waals surface area contributed by atoms with Crippen molar-refractivity contribution in [2.75, 3.05) is 31.2 Å². The lowest BCUT2D eigenvalue weighted by Crippen LogP contribution is -2.57. The zero-order chi connectivity index (χ0) is 19.3. The lowest BCUT2D eigenvalue weighted by molar-refractivity contribution is 0.0755. The number of likely N-dealkylation sites (tertiary alicyclic amines) is 1. The van der Waals surface area contributed by atoms with Crippen LogP contribution in [0, 0.1) is 13.8 Å². The van der Waals surface area contributed by atoms with Crippen molar-refractivity contribution in [3.63, 3.8) is 0 Å². The van der Waals surface area contributed by atoms with Gasteiger partial charge in [-0.05, 0) is 51.9 Å². The Bertz CT molecular complexity index is 1000. The first-order valence-electron chi connectivity index (χ1n) is 8.95. The predicted molar refractivity (Wildman–Crippen MR) is 102 cm³/mol. The molecule has 0 aromatic carbocycles. The number of piperidine rings is 1. The summed E-state index contributed by atoms with van der Waals surface area (Å²) in [7, 11) is 2.00. The number of anilines is 3. The third kappa shape index (κ3) is 2.66. The van der Waals surface area contributed by atoms with Gasteiger partial charge in [-0.1, -0.05) is 0 Å². The number of aromatic nitrogens is 3. The quantitative estimate of drug-likeness (QED) is 0.713. The Morgan fingerprint density at radius 1 is 1.30 bits per heavy atom. The lowest BCUT2D eigenvalue weighted by Gasteiger charge is -2.39. The highest BCUT2D eigenvalue weighted by molar-refractivity contribution is 5.97. The first kappa shape index (κ1) is 17.5. The van der Waals surface area contributed by atoms with Crippen molar-refractivity contribution in [3.05, 3.63) is 39.6 Å². The molecule has 2 aliphatic rings. The highest BCUT2D eigenvalue weighted by atomic mass is 16.2. The van der Waals surface area contributed by atoms with Gasteiger partial charge < -0.3 is 21.3 Å². The van der Waals surface area contributed by atoms with Crippen molar-refractivity contribution in [2.45, 2.75) is 32.4 Å². The molecule has 2 aromatic rings. The maximum absolute atomic E-state index is 13.4. The SMILES string of the molecule is Cc1cc(Nc2ncnc(N)c2C)c(=O)n2c1C(=O)NC21CCCN(C)C1. The van der Waals surface area contributed by atoms with E-state index in [1.165, 1.54) is 6.33 Å². The molecule has 0 saturated carbocycles. The van der Waals surface area contributed by atoms with Crippen LogP contribution in [0.4, 0.5) is 17.3 Å². The summed E-state index contributed by atoms with van der Waals surface area (Å²) in [5.74, 6) is 0.633. The van der Waals surface area contributed by atoms with Crippen molar-refractivity contribution >= 4 is 23.2 Å². The van der Waals surface area contributed by atoms with Crippen molar-refractivity contribution in [2.24, 2.45) is 0 Å². The molecule has 1 atom stereocenters. The van der Waals surface area contributed by atoms with E-state index in [-0.39, 0.29) is 11.5 Å². The van der Waals surface area contributed by atoms with Crippen LogP contribution in [0.1, 0.15) is 34.5 Å². The van der Waals surface area contributed by atoms with Crippen LogP contribution in [0.15, 0.2) is 17.2 Å². The lowest BCUT2D eigenvalue weighted by atomic mass is 9.98.